The van der Waals surface area contributed by atoms with E-state index in [1.54, 1.807) is 63.0 Å². The number of phenols is 2. The summed E-state index contributed by atoms with van der Waals surface area (Å²) in [6.45, 7) is 0. The van der Waals surface area contributed by atoms with Crippen LogP contribution in [0.15, 0.2) is 107 Å². The van der Waals surface area contributed by atoms with Crippen molar-refractivity contribution in [3.8, 4) is 23.0 Å². The highest BCUT2D eigenvalue weighted by atomic mass is 16.5. The smallest absolute Gasteiger partial charge is 0.124 e. The van der Waals surface area contributed by atoms with Crippen molar-refractivity contribution < 1.29 is 19.7 Å². The molecule has 0 aliphatic carbocycles. The summed E-state index contributed by atoms with van der Waals surface area (Å²) in [5.41, 5.74) is 3.04. The molecule has 2 N–H and O–H groups in total. The van der Waals surface area contributed by atoms with Crippen LogP contribution in [0, 0.1) is 0 Å². The second-order valence-electron chi connectivity index (χ2n) is 8.11. The molecular weight excluding hydrogens is 452 g/mol. The van der Waals surface area contributed by atoms with E-state index in [9.17, 15) is 10.2 Å². The fourth-order valence-corrected chi connectivity index (χ4v) is 3.82. The Morgan fingerprint density at radius 2 is 0.917 bits per heavy atom. The molecule has 0 saturated carbocycles. The molecule has 0 aliphatic heterocycles. The molecule has 0 aliphatic rings. The Balaban J connectivity index is 1.82. The molecule has 0 spiro atoms. The fourth-order valence-electron chi connectivity index (χ4n) is 3.82. The predicted octanol–water partition coefficient (Wildman–Crippen LogP) is 6.14. The highest BCUT2D eigenvalue weighted by molar-refractivity contribution is 5.84. The van der Waals surface area contributed by atoms with Gasteiger partial charge in [0, 0.05) is 23.6 Å². The van der Waals surface area contributed by atoms with Crippen molar-refractivity contribution in [2.24, 2.45) is 9.98 Å². The molecule has 0 radical (unpaired) electrons. The van der Waals surface area contributed by atoms with Gasteiger partial charge in [0.25, 0.3) is 0 Å². The molecule has 0 amide bonds. The molecule has 0 heterocycles. The molecule has 36 heavy (non-hydrogen) atoms. The molecule has 2 atom stereocenters. The van der Waals surface area contributed by atoms with Gasteiger partial charge in [0.1, 0.15) is 35.1 Å². The number of methoxy groups -OCH3 is 2. The van der Waals surface area contributed by atoms with E-state index in [-0.39, 0.29) is 11.5 Å². The van der Waals surface area contributed by atoms with Crippen molar-refractivity contribution in [3.63, 3.8) is 0 Å². The molecular formula is C30H28N2O4. The molecule has 0 aromatic heterocycles. The van der Waals surface area contributed by atoms with Crippen LogP contribution in [-0.2, 0) is 0 Å². The largest absolute Gasteiger partial charge is 0.507 e. The molecule has 0 saturated heterocycles. The van der Waals surface area contributed by atoms with Gasteiger partial charge >= 0.3 is 0 Å². The predicted molar refractivity (Wildman–Crippen MR) is 143 cm³/mol. The highest BCUT2D eigenvalue weighted by Crippen LogP contribution is 2.37. The standard InChI is InChI=1S/C30H28N2O4/c1-35-25-15-11-21(12-16-25)29(31-19-23-7-3-5-9-27(23)33)30(22-13-17-26(36-2)18-14-22)32-20-24-8-4-6-10-28(24)34/h3-20,29-30,33-34H,1-2H3. The Morgan fingerprint density at radius 1 is 0.556 bits per heavy atom. The minimum Gasteiger partial charge on any atom is -0.507 e. The first-order valence-corrected chi connectivity index (χ1v) is 11.5. The molecule has 6 nitrogen and oxygen atoms in total. The number of aromatic hydroxyl groups is 2. The van der Waals surface area contributed by atoms with Crippen LogP contribution in [0.5, 0.6) is 23.0 Å². The van der Waals surface area contributed by atoms with E-state index >= 15 is 0 Å². The Labute approximate surface area is 210 Å². The number of aliphatic imine (C=N–C) groups is 2. The first-order valence-electron chi connectivity index (χ1n) is 11.5. The Hall–Kier alpha value is -4.58. The lowest BCUT2D eigenvalue weighted by atomic mass is 9.93. The SMILES string of the molecule is COc1ccc(C(N=Cc2ccccc2O)C(N=Cc2ccccc2O)c2ccc(OC)cc2)cc1. The van der Waals surface area contributed by atoms with Gasteiger partial charge in [0.2, 0.25) is 0 Å². The number of nitrogens with zero attached hydrogens (tertiary/aromatic N) is 2. The maximum absolute atomic E-state index is 10.3. The van der Waals surface area contributed by atoms with Crippen molar-refractivity contribution in [2.75, 3.05) is 14.2 Å². The zero-order chi connectivity index (χ0) is 25.3. The number of ether oxygens (including phenoxy) is 2. The number of hydrogen-bond acceptors (Lipinski definition) is 6. The van der Waals surface area contributed by atoms with Gasteiger partial charge < -0.3 is 19.7 Å². The summed E-state index contributed by atoms with van der Waals surface area (Å²) in [5, 5.41) is 20.6. The maximum atomic E-state index is 10.3. The third-order valence-electron chi connectivity index (χ3n) is 5.84. The molecule has 182 valence electrons. The van der Waals surface area contributed by atoms with Gasteiger partial charge in [0.15, 0.2) is 0 Å². The molecule has 0 fully saturated rings. The summed E-state index contributed by atoms with van der Waals surface area (Å²) in [6, 6.07) is 28.6. The minimum atomic E-state index is -0.439. The Bertz CT molecular complexity index is 1230. The molecule has 6 heteroatoms. The number of phenolic OH excluding ortho intramolecular Hbond substituents is 2. The van der Waals surface area contributed by atoms with Crippen LogP contribution in [0.2, 0.25) is 0 Å². The van der Waals surface area contributed by atoms with Crippen LogP contribution >= 0.6 is 0 Å². The van der Waals surface area contributed by atoms with Crippen LogP contribution in [-0.4, -0.2) is 36.9 Å². The summed E-state index contributed by atoms with van der Waals surface area (Å²) in [6.07, 6.45) is 3.33. The summed E-state index contributed by atoms with van der Waals surface area (Å²) in [7, 11) is 3.25. The van der Waals surface area contributed by atoms with E-state index in [1.165, 1.54) is 0 Å². The fraction of sp³-hybridized carbons (Fsp3) is 0.133. The molecule has 4 aromatic rings. The van der Waals surface area contributed by atoms with Crippen molar-refractivity contribution in [1.29, 1.82) is 0 Å². The van der Waals surface area contributed by atoms with Crippen LogP contribution < -0.4 is 9.47 Å². The highest BCUT2D eigenvalue weighted by Gasteiger charge is 2.24. The van der Waals surface area contributed by atoms with Gasteiger partial charge in [-0.15, -0.1) is 0 Å². The number of para-hydroxylation sites is 2. The van der Waals surface area contributed by atoms with Crippen molar-refractivity contribution in [3.05, 3.63) is 119 Å². The van der Waals surface area contributed by atoms with Gasteiger partial charge in [-0.1, -0.05) is 48.5 Å². The molecule has 4 aromatic carbocycles. The average Bonchev–Trinajstić information content (AvgIpc) is 2.92. The minimum absolute atomic E-state index is 0.147. The zero-order valence-electron chi connectivity index (χ0n) is 20.2. The summed E-state index contributed by atoms with van der Waals surface area (Å²) in [5.74, 6) is 1.77. The van der Waals surface area contributed by atoms with Crippen molar-refractivity contribution in [1.82, 2.24) is 0 Å². The quantitative estimate of drug-likeness (QED) is 0.282. The lowest BCUT2D eigenvalue weighted by molar-refractivity contribution is 0.414. The Kier molecular flexibility index (Phi) is 7.98. The first-order chi connectivity index (χ1) is 17.6. The lowest BCUT2D eigenvalue weighted by Gasteiger charge is -2.22. The molecule has 0 bridgehead atoms. The lowest BCUT2D eigenvalue weighted by Crippen LogP contribution is -2.09. The van der Waals surface area contributed by atoms with E-state index in [0.29, 0.717) is 11.1 Å². The van der Waals surface area contributed by atoms with E-state index in [0.717, 1.165) is 22.6 Å². The summed E-state index contributed by atoms with van der Waals surface area (Å²) >= 11 is 0. The second kappa shape index (κ2) is 11.7. The number of hydrogen-bond donors (Lipinski definition) is 2. The number of benzene rings is 4. The first kappa shape index (κ1) is 24.5. The third kappa shape index (κ3) is 5.91. The van der Waals surface area contributed by atoms with Gasteiger partial charge in [0.05, 0.1) is 14.2 Å². The molecule has 2 unspecified atom stereocenters. The molecule has 4 rings (SSSR count). The topological polar surface area (TPSA) is 83.6 Å². The van der Waals surface area contributed by atoms with Gasteiger partial charge in [-0.05, 0) is 59.7 Å². The van der Waals surface area contributed by atoms with Crippen LogP contribution in [0.3, 0.4) is 0 Å². The van der Waals surface area contributed by atoms with E-state index in [2.05, 4.69) is 0 Å². The van der Waals surface area contributed by atoms with Gasteiger partial charge in [-0.25, -0.2) is 0 Å². The summed E-state index contributed by atoms with van der Waals surface area (Å²) < 4.78 is 10.7. The van der Waals surface area contributed by atoms with Crippen molar-refractivity contribution >= 4 is 12.4 Å². The zero-order valence-corrected chi connectivity index (χ0v) is 20.2. The van der Waals surface area contributed by atoms with Gasteiger partial charge in [-0.3, -0.25) is 9.98 Å². The number of rotatable bonds is 9. The van der Waals surface area contributed by atoms with Gasteiger partial charge in [-0.2, -0.15) is 0 Å². The Morgan fingerprint density at radius 3 is 1.25 bits per heavy atom. The van der Waals surface area contributed by atoms with Crippen LogP contribution in [0.4, 0.5) is 0 Å². The van der Waals surface area contributed by atoms with E-state index < -0.39 is 12.1 Å². The normalized spacial score (nSPS) is 13.1. The summed E-state index contributed by atoms with van der Waals surface area (Å²) in [4.78, 5) is 9.80. The average molecular weight is 481 g/mol. The van der Waals surface area contributed by atoms with Crippen LogP contribution in [0.1, 0.15) is 34.3 Å². The van der Waals surface area contributed by atoms with E-state index in [4.69, 9.17) is 19.5 Å². The van der Waals surface area contributed by atoms with Crippen LogP contribution in [0.25, 0.3) is 0 Å². The maximum Gasteiger partial charge on any atom is 0.124 e. The monoisotopic (exact) mass is 480 g/mol. The second-order valence-corrected chi connectivity index (χ2v) is 8.11. The third-order valence-corrected chi connectivity index (χ3v) is 5.84. The van der Waals surface area contributed by atoms with E-state index in [1.807, 2.05) is 60.7 Å². The van der Waals surface area contributed by atoms with Crippen molar-refractivity contribution in [2.45, 2.75) is 12.1 Å².